The number of aromatic hydroxyl groups is 1. The van der Waals surface area contributed by atoms with Crippen LogP contribution in [0.25, 0.3) is 0 Å². The quantitative estimate of drug-likeness (QED) is 0.0397. The predicted octanol–water partition coefficient (Wildman–Crippen LogP) is -2.61. The number of hydrogen-bond donors (Lipinski definition) is 13. The fourth-order valence-electron chi connectivity index (χ4n) is 7.48. The summed E-state index contributed by atoms with van der Waals surface area (Å²) in [6, 6.07) is 2.79. The molecule has 8 amide bonds. The molecule has 14 N–H and O–H groups in total. The molecular weight excluding hydrogens is 947 g/mol. The fraction of sp³-hybridized carbons (Fsp3) is 0.511. The highest BCUT2D eigenvalue weighted by atomic mass is 16.4. The molecule has 2 aromatic carbocycles. The van der Waals surface area contributed by atoms with E-state index >= 15 is 0 Å². The summed E-state index contributed by atoms with van der Waals surface area (Å²) in [5, 5.41) is 65.0. The van der Waals surface area contributed by atoms with E-state index in [9.17, 15) is 78.3 Å². The first-order valence-corrected chi connectivity index (χ1v) is 23.3. The summed E-state index contributed by atoms with van der Waals surface area (Å²) >= 11 is 0. The summed E-state index contributed by atoms with van der Waals surface area (Å²) in [5.41, 5.74) is 6.64. The molecule has 0 bridgehead atoms. The Bertz CT molecular complexity index is 2250. The molecule has 3 rings (SSSR count). The van der Waals surface area contributed by atoms with Crippen molar-refractivity contribution >= 4 is 65.2 Å². The third-order valence-corrected chi connectivity index (χ3v) is 11.8. The van der Waals surface area contributed by atoms with Crippen LogP contribution in [0.4, 0.5) is 0 Å². The summed E-state index contributed by atoms with van der Waals surface area (Å²) in [7, 11) is 0. The van der Waals surface area contributed by atoms with Crippen molar-refractivity contribution in [1.29, 1.82) is 0 Å². The van der Waals surface area contributed by atoms with E-state index in [0.717, 1.165) is 0 Å². The van der Waals surface area contributed by atoms with Crippen LogP contribution in [0.5, 0.6) is 5.75 Å². The highest BCUT2D eigenvalue weighted by Crippen LogP contribution is 2.20. The minimum atomic E-state index is -1.81. The average molecular weight is 1010 g/mol. The number of phenolic OH excluding ortho intramolecular Hbond substituents is 1. The minimum absolute atomic E-state index is 0.0319. The van der Waals surface area contributed by atoms with Gasteiger partial charge >= 0.3 is 17.9 Å². The third-order valence-electron chi connectivity index (χ3n) is 11.8. The topological polar surface area (TPSA) is 402 Å². The molecule has 25 heteroatoms. The molecular formula is C47H65N9O16. The molecule has 0 saturated carbocycles. The molecule has 72 heavy (non-hydrogen) atoms. The van der Waals surface area contributed by atoms with Gasteiger partial charge < -0.3 is 73.4 Å². The van der Waals surface area contributed by atoms with Gasteiger partial charge in [0.2, 0.25) is 47.3 Å². The van der Waals surface area contributed by atoms with Gasteiger partial charge in [-0.3, -0.25) is 47.9 Å². The first kappa shape index (κ1) is 58.6. The van der Waals surface area contributed by atoms with Crippen LogP contribution < -0.4 is 43.0 Å². The number of aliphatic hydroxyl groups excluding tert-OH is 1. The van der Waals surface area contributed by atoms with E-state index in [-0.39, 0.29) is 31.6 Å². The zero-order valence-corrected chi connectivity index (χ0v) is 40.1. The number of phenols is 1. The highest BCUT2D eigenvalue weighted by molar-refractivity contribution is 5.98. The lowest BCUT2D eigenvalue weighted by Crippen LogP contribution is -2.60. The summed E-state index contributed by atoms with van der Waals surface area (Å²) in [6.07, 6.45) is -1.68. The molecule has 0 aliphatic carbocycles. The van der Waals surface area contributed by atoms with Crippen molar-refractivity contribution < 1.29 is 78.3 Å². The van der Waals surface area contributed by atoms with Crippen molar-refractivity contribution in [3.05, 3.63) is 65.7 Å². The normalized spacial score (nSPS) is 16.4. The van der Waals surface area contributed by atoms with Crippen molar-refractivity contribution in [3.8, 4) is 5.75 Å². The summed E-state index contributed by atoms with van der Waals surface area (Å²) in [5.74, 6) is -11.8. The van der Waals surface area contributed by atoms with Crippen molar-refractivity contribution in [2.75, 3.05) is 19.7 Å². The second-order valence-corrected chi connectivity index (χ2v) is 17.4. The molecule has 2 aromatic rings. The number of carboxylic acids is 3. The number of carboxylic acid groups (broad SMARTS) is 3. The van der Waals surface area contributed by atoms with Crippen LogP contribution in [0.3, 0.4) is 0 Å². The first-order chi connectivity index (χ1) is 34.0. The maximum Gasteiger partial charge on any atom is 0.326 e. The molecule has 0 aromatic heterocycles. The molecule has 1 fully saturated rings. The Morgan fingerprint density at radius 3 is 1.68 bits per heavy atom. The van der Waals surface area contributed by atoms with Gasteiger partial charge in [0.15, 0.2) is 0 Å². The molecule has 9 atom stereocenters. The highest BCUT2D eigenvalue weighted by Gasteiger charge is 2.39. The number of likely N-dealkylation sites (tertiary alicyclic amines) is 1. The predicted molar refractivity (Wildman–Crippen MR) is 253 cm³/mol. The standard InChI is InChI=1S/C47H65N9O16/c1-4-25(2)39(45(69)53-33(47(71)72)22-28-12-14-29(58)15-13-28)55-36(59)23-49-44(68)35-11-8-20-56(35)46(70)32(21-27-9-6-5-7-10-27)52-43(67)34(24-57)54-42(66)31(17-19-38(62)63)51-41(65)30(16-18-37(60)61)50-40(64)26(3)48/h5-7,9-10,12-15,25-26,30-35,39,57-58H,4,8,11,16-24,48H2,1-3H3,(H,49,68)(H,50,64)(H,51,65)(H,52,67)(H,53,69)(H,54,66)(H,55,59)(H,60,61)(H,62,63)(H,71,72)/t25-,26-,30-,31-,32-,33-,34-,35-,39-/m0/s1. The summed E-state index contributed by atoms with van der Waals surface area (Å²) < 4.78 is 0. The lowest BCUT2D eigenvalue weighted by Gasteiger charge is -2.30. The van der Waals surface area contributed by atoms with Gasteiger partial charge in [0.25, 0.3) is 0 Å². The molecule has 0 unspecified atom stereocenters. The summed E-state index contributed by atoms with van der Waals surface area (Å²) in [6.45, 7) is 3.05. The maximum atomic E-state index is 14.3. The lowest BCUT2D eigenvalue weighted by atomic mass is 9.97. The Labute approximate surface area is 414 Å². The Kier molecular flexibility index (Phi) is 23.5. The van der Waals surface area contributed by atoms with E-state index in [0.29, 0.717) is 24.0 Å². The number of aliphatic carboxylic acids is 3. The van der Waals surface area contributed by atoms with Gasteiger partial charge in [0.1, 0.15) is 48.0 Å². The fourth-order valence-corrected chi connectivity index (χ4v) is 7.48. The number of nitrogens with one attached hydrogen (secondary N) is 7. The number of rotatable bonds is 29. The SMILES string of the molecule is CC[C@H](C)[C@H](NC(=O)CNC(=O)[C@@H]1CCCN1C(=O)[C@H](Cc1ccccc1)NC(=O)[C@H](CO)NC(=O)[C@H](CCC(=O)O)NC(=O)[C@H](CCC(=O)O)NC(=O)[C@H](C)N)C(=O)N[C@@H](Cc1ccc(O)cc1)C(=O)O. The Morgan fingerprint density at radius 1 is 0.653 bits per heavy atom. The number of benzene rings is 2. The second-order valence-electron chi connectivity index (χ2n) is 17.4. The van der Waals surface area contributed by atoms with Crippen LogP contribution in [0.2, 0.25) is 0 Å². The van der Waals surface area contributed by atoms with E-state index < -0.39 is 158 Å². The van der Waals surface area contributed by atoms with Gasteiger partial charge in [-0.25, -0.2) is 4.79 Å². The number of carbonyl (C=O) groups is 11. The van der Waals surface area contributed by atoms with Crippen LogP contribution in [0, 0.1) is 5.92 Å². The Hall–Kier alpha value is -7.67. The number of amides is 8. The van der Waals surface area contributed by atoms with Gasteiger partial charge in [-0.05, 0) is 61.8 Å². The molecule has 1 aliphatic rings. The summed E-state index contributed by atoms with van der Waals surface area (Å²) in [4.78, 5) is 144. The molecule has 1 saturated heterocycles. The van der Waals surface area contributed by atoms with E-state index in [1.807, 2.05) is 0 Å². The van der Waals surface area contributed by atoms with Crippen molar-refractivity contribution in [2.45, 2.75) is 127 Å². The van der Waals surface area contributed by atoms with Crippen LogP contribution in [0.15, 0.2) is 54.6 Å². The van der Waals surface area contributed by atoms with E-state index in [1.54, 1.807) is 44.2 Å². The molecule has 1 heterocycles. The number of nitrogens with two attached hydrogens (primary N) is 1. The van der Waals surface area contributed by atoms with E-state index in [4.69, 9.17) is 5.73 Å². The van der Waals surface area contributed by atoms with Crippen LogP contribution >= 0.6 is 0 Å². The Balaban J connectivity index is 1.76. The first-order valence-electron chi connectivity index (χ1n) is 23.3. The number of aliphatic hydroxyl groups is 1. The van der Waals surface area contributed by atoms with Crippen molar-refractivity contribution in [2.24, 2.45) is 11.7 Å². The van der Waals surface area contributed by atoms with Gasteiger partial charge in [0.05, 0.1) is 19.2 Å². The van der Waals surface area contributed by atoms with Gasteiger partial charge in [-0.1, -0.05) is 62.7 Å². The van der Waals surface area contributed by atoms with Gasteiger partial charge in [0, 0.05) is 32.2 Å². The molecule has 394 valence electrons. The largest absolute Gasteiger partial charge is 0.508 e. The molecule has 25 nitrogen and oxygen atoms in total. The monoisotopic (exact) mass is 1010 g/mol. The van der Waals surface area contributed by atoms with Crippen molar-refractivity contribution in [3.63, 3.8) is 0 Å². The number of carbonyl (C=O) groups excluding carboxylic acids is 8. The zero-order valence-electron chi connectivity index (χ0n) is 40.1. The smallest absolute Gasteiger partial charge is 0.326 e. The van der Waals surface area contributed by atoms with Crippen LogP contribution in [-0.2, 0) is 65.6 Å². The van der Waals surface area contributed by atoms with Crippen LogP contribution in [-0.4, -0.2) is 164 Å². The maximum absolute atomic E-state index is 14.3. The minimum Gasteiger partial charge on any atom is -0.508 e. The molecule has 1 aliphatic heterocycles. The van der Waals surface area contributed by atoms with Crippen LogP contribution in [0.1, 0.15) is 76.8 Å². The average Bonchev–Trinajstić information content (AvgIpc) is 3.84. The number of nitrogens with zero attached hydrogens (tertiary/aromatic N) is 1. The van der Waals surface area contributed by atoms with Crippen molar-refractivity contribution in [1.82, 2.24) is 42.1 Å². The van der Waals surface area contributed by atoms with E-state index in [2.05, 4.69) is 37.2 Å². The van der Waals surface area contributed by atoms with E-state index in [1.165, 1.54) is 36.1 Å². The second kappa shape index (κ2) is 28.9. The zero-order chi connectivity index (χ0) is 53.7. The number of hydrogen-bond acceptors (Lipinski definition) is 14. The van der Waals surface area contributed by atoms with Gasteiger partial charge in [-0.2, -0.15) is 0 Å². The molecule has 0 radical (unpaired) electrons. The Morgan fingerprint density at radius 2 is 1.15 bits per heavy atom. The lowest BCUT2D eigenvalue weighted by molar-refractivity contribution is -0.142. The molecule has 0 spiro atoms. The third kappa shape index (κ3) is 18.9. The van der Waals surface area contributed by atoms with Gasteiger partial charge in [-0.15, -0.1) is 0 Å².